The van der Waals surface area contributed by atoms with E-state index in [0.717, 1.165) is 0 Å². The molecule has 0 nitrogen and oxygen atoms in total. The van der Waals surface area contributed by atoms with Crippen LogP contribution in [0, 0.1) is 13.8 Å². The van der Waals surface area contributed by atoms with Gasteiger partial charge >= 0.3 is 0 Å². The van der Waals surface area contributed by atoms with Gasteiger partial charge in [0, 0.05) is 11.0 Å². The molecule has 0 atom stereocenters. The SMILES string of the molecule is Cc1cc(C)cc(C(C)(C)C2=C=CC=C2)c1. The first-order valence-corrected chi connectivity index (χ1v) is 5.73. The van der Waals surface area contributed by atoms with Crippen LogP contribution < -0.4 is 0 Å². The van der Waals surface area contributed by atoms with Crippen molar-refractivity contribution in [2.24, 2.45) is 0 Å². The summed E-state index contributed by atoms with van der Waals surface area (Å²) in [7, 11) is 0. The van der Waals surface area contributed by atoms with Gasteiger partial charge < -0.3 is 0 Å². The highest BCUT2D eigenvalue weighted by Crippen LogP contribution is 2.33. The van der Waals surface area contributed by atoms with E-state index in [1.165, 1.54) is 22.3 Å². The van der Waals surface area contributed by atoms with Crippen LogP contribution in [-0.4, -0.2) is 0 Å². The average Bonchev–Trinajstić information content (AvgIpc) is 2.69. The molecule has 2 rings (SSSR count). The van der Waals surface area contributed by atoms with Gasteiger partial charge in [-0.25, -0.2) is 0 Å². The number of hydrogen-bond acceptors (Lipinski definition) is 0. The molecule has 0 aromatic heterocycles. The molecule has 0 bridgehead atoms. The van der Waals surface area contributed by atoms with Crippen LogP contribution in [0.2, 0.25) is 0 Å². The Morgan fingerprint density at radius 3 is 2.12 bits per heavy atom. The number of hydrogen-bond donors (Lipinski definition) is 0. The fourth-order valence-corrected chi connectivity index (χ4v) is 2.21. The Balaban J connectivity index is 2.50. The molecule has 1 aromatic rings. The lowest BCUT2D eigenvalue weighted by Crippen LogP contribution is -2.18. The topological polar surface area (TPSA) is 0 Å². The van der Waals surface area contributed by atoms with Crippen molar-refractivity contribution in [1.29, 1.82) is 0 Å². The monoisotopic (exact) mass is 210 g/mol. The molecule has 1 aliphatic carbocycles. The van der Waals surface area contributed by atoms with Crippen molar-refractivity contribution in [2.75, 3.05) is 0 Å². The third kappa shape index (κ3) is 1.89. The van der Waals surface area contributed by atoms with E-state index in [1.807, 2.05) is 6.08 Å². The van der Waals surface area contributed by atoms with Crippen molar-refractivity contribution in [1.82, 2.24) is 0 Å². The highest BCUT2D eigenvalue weighted by atomic mass is 14.3. The summed E-state index contributed by atoms with van der Waals surface area (Å²) in [4.78, 5) is 0. The molecule has 0 amide bonds. The molecule has 1 aromatic carbocycles. The summed E-state index contributed by atoms with van der Waals surface area (Å²) in [5.41, 5.74) is 8.64. The minimum absolute atomic E-state index is 0.0419. The second kappa shape index (κ2) is 3.81. The van der Waals surface area contributed by atoms with E-state index >= 15 is 0 Å². The van der Waals surface area contributed by atoms with Crippen LogP contribution >= 0.6 is 0 Å². The molecule has 0 radical (unpaired) electrons. The summed E-state index contributed by atoms with van der Waals surface area (Å²) in [5.74, 6) is 0. The molecule has 0 spiro atoms. The Morgan fingerprint density at radius 1 is 1.00 bits per heavy atom. The first-order valence-electron chi connectivity index (χ1n) is 5.73. The van der Waals surface area contributed by atoms with Crippen LogP contribution in [0.3, 0.4) is 0 Å². The second-order valence-electron chi connectivity index (χ2n) is 5.09. The van der Waals surface area contributed by atoms with Crippen molar-refractivity contribution in [3.63, 3.8) is 0 Å². The van der Waals surface area contributed by atoms with Crippen LogP contribution in [-0.2, 0) is 5.41 Å². The van der Waals surface area contributed by atoms with Gasteiger partial charge in [-0.05, 0) is 31.6 Å². The molecular weight excluding hydrogens is 192 g/mol. The summed E-state index contributed by atoms with van der Waals surface area (Å²) in [6.45, 7) is 8.82. The highest BCUT2D eigenvalue weighted by Gasteiger charge is 2.25. The third-order valence-electron chi connectivity index (χ3n) is 3.21. The van der Waals surface area contributed by atoms with E-state index < -0.39 is 0 Å². The Bertz CT molecular complexity index is 487. The number of allylic oxidation sites excluding steroid dienone is 3. The summed E-state index contributed by atoms with van der Waals surface area (Å²) in [6.07, 6.45) is 6.19. The Kier molecular flexibility index (Phi) is 2.61. The fourth-order valence-electron chi connectivity index (χ4n) is 2.21. The normalized spacial score (nSPS) is 14.4. The summed E-state index contributed by atoms with van der Waals surface area (Å²) < 4.78 is 0. The van der Waals surface area contributed by atoms with Gasteiger partial charge in [0.25, 0.3) is 0 Å². The van der Waals surface area contributed by atoms with Crippen molar-refractivity contribution in [3.8, 4) is 0 Å². The fraction of sp³-hybridized carbons (Fsp3) is 0.312. The zero-order valence-electron chi connectivity index (χ0n) is 10.5. The maximum Gasteiger partial charge on any atom is 0.0219 e. The van der Waals surface area contributed by atoms with Gasteiger partial charge in [-0.3, -0.25) is 0 Å². The van der Waals surface area contributed by atoms with Gasteiger partial charge in [-0.15, -0.1) is 5.73 Å². The summed E-state index contributed by atoms with van der Waals surface area (Å²) in [5, 5.41) is 0. The molecule has 0 heterocycles. The molecule has 0 fully saturated rings. The summed E-state index contributed by atoms with van der Waals surface area (Å²) >= 11 is 0. The van der Waals surface area contributed by atoms with Crippen LogP contribution in [0.25, 0.3) is 0 Å². The number of rotatable bonds is 2. The van der Waals surface area contributed by atoms with Gasteiger partial charge in [-0.2, -0.15) is 0 Å². The van der Waals surface area contributed by atoms with E-state index in [4.69, 9.17) is 0 Å². The van der Waals surface area contributed by atoms with Crippen LogP contribution in [0.1, 0.15) is 30.5 Å². The zero-order chi connectivity index (χ0) is 11.8. The maximum atomic E-state index is 3.31. The van der Waals surface area contributed by atoms with E-state index in [2.05, 4.69) is 63.8 Å². The quantitative estimate of drug-likeness (QED) is 0.641. The van der Waals surface area contributed by atoms with E-state index in [9.17, 15) is 0 Å². The second-order valence-corrected chi connectivity index (χ2v) is 5.09. The Labute approximate surface area is 98.0 Å². The van der Waals surface area contributed by atoms with Crippen molar-refractivity contribution in [3.05, 3.63) is 64.4 Å². The van der Waals surface area contributed by atoms with E-state index in [0.29, 0.717) is 0 Å². The van der Waals surface area contributed by atoms with Crippen LogP contribution in [0.15, 0.2) is 47.7 Å². The smallest absolute Gasteiger partial charge is 0.0219 e. The number of benzene rings is 1. The highest BCUT2D eigenvalue weighted by molar-refractivity contribution is 5.45. The van der Waals surface area contributed by atoms with Gasteiger partial charge in [0.05, 0.1) is 0 Å². The lowest BCUT2D eigenvalue weighted by atomic mass is 9.77. The minimum Gasteiger partial charge on any atom is -0.116 e. The molecule has 0 saturated carbocycles. The van der Waals surface area contributed by atoms with Crippen LogP contribution in [0.5, 0.6) is 0 Å². The first kappa shape index (κ1) is 11.0. The largest absolute Gasteiger partial charge is 0.116 e. The lowest BCUT2D eigenvalue weighted by Gasteiger charge is -2.26. The number of aryl methyl sites for hydroxylation is 2. The van der Waals surface area contributed by atoms with Gasteiger partial charge in [0.2, 0.25) is 0 Å². The maximum absolute atomic E-state index is 3.31. The molecule has 0 saturated heterocycles. The minimum atomic E-state index is 0.0419. The standard InChI is InChI=1S/C16H18/c1-12-9-13(2)11-15(10-12)16(3,4)14-7-5-6-8-14/h5-7,9-11H,1-4H3. The molecule has 16 heavy (non-hydrogen) atoms. The van der Waals surface area contributed by atoms with Crippen LogP contribution in [0.4, 0.5) is 0 Å². The molecular formula is C16H18. The predicted octanol–water partition coefficient (Wildman–Crippen LogP) is 4.23. The average molecular weight is 210 g/mol. The Hall–Kier alpha value is -1.52. The van der Waals surface area contributed by atoms with Gasteiger partial charge in [0.15, 0.2) is 0 Å². The Morgan fingerprint density at radius 2 is 1.62 bits per heavy atom. The first-order chi connectivity index (χ1) is 7.50. The predicted molar refractivity (Wildman–Crippen MR) is 69.7 cm³/mol. The molecule has 0 N–H and O–H groups in total. The molecule has 0 unspecified atom stereocenters. The summed E-state index contributed by atoms with van der Waals surface area (Å²) in [6, 6.07) is 6.76. The molecule has 0 heteroatoms. The van der Waals surface area contributed by atoms with Crippen molar-refractivity contribution >= 4 is 0 Å². The lowest BCUT2D eigenvalue weighted by molar-refractivity contribution is 0.640. The van der Waals surface area contributed by atoms with E-state index in [-0.39, 0.29) is 5.41 Å². The van der Waals surface area contributed by atoms with Crippen molar-refractivity contribution in [2.45, 2.75) is 33.1 Å². The van der Waals surface area contributed by atoms with Gasteiger partial charge in [0.1, 0.15) is 0 Å². The molecule has 0 aliphatic heterocycles. The third-order valence-corrected chi connectivity index (χ3v) is 3.21. The van der Waals surface area contributed by atoms with Gasteiger partial charge in [-0.1, -0.05) is 49.2 Å². The van der Waals surface area contributed by atoms with E-state index in [1.54, 1.807) is 0 Å². The zero-order valence-corrected chi connectivity index (χ0v) is 10.5. The molecule has 1 aliphatic rings. The van der Waals surface area contributed by atoms with Crippen molar-refractivity contribution < 1.29 is 0 Å². The molecule has 82 valence electrons.